The maximum absolute atomic E-state index is 2.46. The zero-order valence-electron chi connectivity index (χ0n) is 79.1. The topological polar surface area (TPSA) is 24.5 Å². The second-order valence-electron chi connectivity index (χ2n) is 36.6. The third-order valence-corrected chi connectivity index (χ3v) is 28.1. The molecule has 0 amide bonds. The second-order valence-corrected chi connectivity index (χ2v) is 36.6. The molecular formula is C138H96N6. The van der Waals surface area contributed by atoms with Crippen LogP contribution < -0.4 is 14.7 Å². The molecule has 3 heterocycles. The molecule has 0 atom stereocenters. The molecule has 0 N–H and O–H groups in total. The third kappa shape index (κ3) is 16.5. The van der Waals surface area contributed by atoms with E-state index in [0.717, 1.165) is 68.2 Å². The normalized spacial score (nSPS) is 11.3. The molecule has 0 aliphatic carbocycles. The molecule has 144 heavy (non-hydrogen) atoms. The highest BCUT2D eigenvalue weighted by molar-refractivity contribution is 6.23. The fraction of sp³-hybridized carbons (Fsp3) is 0. The Kier molecular flexibility index (Phi) is 23.0. The van der Waals surface area contributed by atoms with E-state index in [1.807, 2.05) is 0 Å². The molecule has 6 heteroatoms. The van der Waals surface area contributed by atoms with Gasteiger partial charge in [-0.2, -0.15) is 0 Å². The van der Waals surface area contributed by atoms with Crippen molar-refractivity contribution in [1.29, 1.82) is 0 Å². The Morgan fingerprint density at radius 2 is 0.347 bits per heavy atom. The van der Waals surface area contributed by atoms with Crippen molar-refractivity contribution in [3.8, 4) is 83.8 Å². The fourth-order valence-corrected chi connectivity index (χ4v) is 21.3. The SMILES string of the molecule is c1ccc(-c2ccc(N(c3ccc(-c4ccccc4)cc3)c3ccc4c(c3)c3ccc5ccccc5c3n4-c3ccccc3)cc2)cc1.c1ccc(-c2ccc(N(c3ccc(-c4ccccc4)cc3)c3ccc4c5ccc6ccccc6c5n(-c5ccccc5)c4c3)cc2)cc1.c1ccc(-c2ccc(N(c3ccc(-c4ccccc4)cc3)c3cccc4c5ccc6ccccc6c5n(-c5ccccc5)c34)cc2)cc1. The van der Waals surface area contributed by atoms with Gasteiger partial charge in [-0.1, -0.05) is 437 Å². The zero-order chi connectivity index (χ0) is 95.6. The van der Waals surface area contributed by atoms with E-state index in [0.29, 0.717) is 0 Å². The average Bonchev–Trinajstić information content (AvgIpc) is 1.58. The van der Waals surface area contributed by atoms with Crippen LogP contribution in [0.3, 0.4) is 0 Å². The highest BCUT2D eigenvalue weighted by Crippen LogP contribution is 2.50. The van der Waals surface area contributed by atoms with E-state index in [9.17, 15) is 0 Å². The molecule has 0 bridgehead atoms. The van der Waals surface area contributed by atoms with E-state index in [-0.39, 0.29) is 0 Å². The molecule has 3 aromatic heterocycles. The summed E-state index contributed by atoms with van der Waals surface area (Å²) >= 11 is 0. The molecule has 0 fully saturated rings. The summed E-state index contributed by atoms with van der Waals surface area (Å²) in [4.78, 5) is 7.15. The predicted octanol–water partition coefficient (Wildman–Crippen LogP) is 38.2. The Labute approximate surface area is 837 Å². The number of fused-ring (bicyclic) bond motifs is 15. The van der Waals surface area contributed by atoms with Crippen molar-refractivity contribution in [2.75, 3.05) is 14.7 Å². The van der Waals surface area contributed by atoms with Gasteiger partial charge in [-0.25, -0.2) is 0 Å². The number of nitrogens with zero attached hydrogens (tertiary/aromatic N) is 6. The van der Waals surface area contributed by atoms with E-state index in [1.165, 1.54) is 164 Å². The van der Waals surface area contributed by atoms with Crippen molar-refractivity contribution in [2.24, 2.45) is 0 Å². The lowest BCUT2D eigenvalue weighted by molar-refractivity contribution is 1.17. The number of anilines is 9. The first-order valence-corrected chi connectivity index (χ1v) is 49.3. The van der Waals surface area contributed by atoms with Gasteiger partial charge < -0.3 is 28.4 Å². The van der Waals surface area contributed by atoms with E-state index in [2.05, 4.69) is 611 Å². The van der Waals surface area contributed by atoms with Crippen molar-refractivity contribution in [3.63, 3.8) is 0 Å². The highest BCUT2D eigenvalue weighted by Gasteiger charge is 2.27. The number of benzene rings is 24. The van der Waals surface area contributed by atoms with Gasteiger partial charge in [0.15, 0.2) is 0 Å². The van der Waals surface area contributed by atoms with Crippen molar-refractivity contribution in [1.82, 2.24) is 13.7 Å². The highest BCUT2D eigenvalue weighted by atomic mass is 15.2. The van der Waals surface area contributed by atoms with Gasteiger partial charge in [0, 0.05) is 111 Å². The summed E-state index contributed by atoms with van der Waals surface area (Å²) in [6, 6.07) is 210. The lowest BCUT2D eigenvalue weighted by atomic mass is 10.0. The molecule has 0 saturated heterocycles. The van der Waals surface area contributed by atoms with E-state index < -0.39 is 0 Å². The van der Waals surface area contributed by atoms with Crippen LogP contribution in [0.1, 0.15) is 0 Å². The summed E-state index contributed by atoms with van der Waals surface area (Å²) in [6.45, 7) is 0. The number of hydrogen-bond donors (Lipinski definition) is 0. The minimum absolute atomic E-state index is 1.10. The molecule has 6 nitrogen and oxygen atoms in total. The van der Waals surface area contributed by atoms with Crippen LogP contribution in [-0.4, -0.2) is 13.7 Å². The standard InChI is InChI=1S/3C46H32N2/c1-4-13-33(14-5-1)35-23-28-39(29-24-35)47(40-30-25-36(26-31-40)34-15-6-2-7-16-34)44-22-12-21-42-43-32-27-37-17-10-11-20-41(37)45(43)48(46(42)44)38-18-8-3-9-19-38;1-4-12-33(13-5-1)35-20-25-39(26-21-35)47(40-27-22-36(23-28-40)34-14-6-2-7-15-34)41-29-31-43-44-30-24-37-16-10-11-19-42(37)46(44)48(45(43)32-41)38-17-8-3-9-18-38;1-4-12-33(13-5-1)35-20-25-39(26-21-35)47(40-27-22-36(23-28-40)34-14-6-2-7-15-34)41-29-31-45-44(32-41)43-30-24-37-16-10-11-19-42(37)46(43)48(45)38-17-8-3-9-18-38/h3*1-32H. The van der Waals surface area contributed by atoms with Gasteiger partial charge >= 0.3 is 0 Å². The first-order chi connectivity index (χ1) is 71.5. The summed E-state index contributed by atoms with van der Waals surface area (Å²) in [5.41, 5.74) is 35.1. The number of aromatic nitrogens is 3. The van der Waals surface area contributed by atoms with Crippen molar-refractivity contribution < 1.29 is 0 Å². The molecule has 27 aromatic rings. The van der Waals surface area contributed by atoms with Crippen LogP contribution >= 0.6 is 0 Å². The molecule has 678 valence electrons. The molecule has 0 radical (unpaired) electrons. The second kappa shape index (κ2) is 38.3. The van der Waals surface area contributed by atoms with Crippen LogP contribution in [0.2, 0.25) is 0 Å². The van der Waals surface area contributed by atoms with E-state index >= 15 is 0 Å². The summed E-state index contributed by atoms with van der Waals surface area (Å²) in [5, 5.41) is 14.9. The van der Waals surface area contributed by atoms with Gasteiger partial charge in [0.25, 0.3) is 0 Å². The Bertz CT molecular complexity index is 8970. The van der Waals surface area contributed by atoms with Gasteiger partial charge in [-0.05, 0) is 229 Å². The molecule has 0 aliphatic heterocycles. The van der Waals surface area contributed by atoms with Gasteiger partial charge in [-0.15, -0.1) is 0 Å². The van der Waals surface area contributed by atoms with Gasteiger partial charge in [0.05, 0.1) is 38.8 Å². The minimum Gasteiger partial charge on any atom is -0.310 e. The molecule has 0 spiro atoms. The fourth-order valence-electron chi connectivity index (χ4n) is 21.3. The summed E-state index contributed by atoms with van der Waals surface area (Å²) in [6.07, 6.45) is 0. The van der Waals surface area contributed by atoms with Gasteiger partial charge in [-0.3, -0.25) is 0 Å². The summed E-state index contributed by atoms with van der Waals surface area (Å²) in [7, 11) is 0. The van der Waals surface area contributed by atoms with E-state index in [4.69, 9.17) is 0 Å². The van der Waals surface area contributed by atoms with Crippen LogP contribution in [-0.2, 0) is 0 Å². The Hall–Kier alpha value is -19.1. The largest absolute Gasteiger partial charge is 0.310 e. The zero-order valence-corrected chi connectivity index (χ0v) is 79.1. The molecule has 0 saturated carbocycles. The average molecular weight is 1840 g/mol. The smallest absolute Gasteiger partial charge is 0.0782 e. The monoisotopic (exact) mass is 1840 g/mol. The van der Waals surface area contributed by atoms with Gasteiger partial charge in [0.2, 0.25) is 0 Å². The van der Waals surface area contributed by atoms with Crippen molar-refractivity contribution in [2.45, 2.75) is 0 Å². The lowest BCUT2D eigenvalue weighted by Crippen LogP contribution is -2.11. The van der Waals surface area contributed by atoms with Crippen LogP contribution in [0, 0.1) is 0 Å². The Morgan fingerprint density at radius 1 is 0.118 bits per heavy atom. The molecule has 27 rings (SSSR count). The minimum atomic E-state index is 1.10. The third-order valence-electron chi connectivity index (χ3n) is 28.1. The predicted molar refractivity (Wildman–Crippen MR) is 612 cm³/mol. The first kappa shape index (κ1) is 86.4. The number of hydrogen-bond acceptors (Lipinski definition) is 3. The van der Waals surface area contributed by atoms with Crippen LogP contribution in [0.15, 0.2) is 582 Å². The number of para-hydroxylation sites is 4. The van der Waals surface area contributed by atoms with Crippen LogP contribution in [0.25, 0.3) is 182 Å². The van der Waals surface area contributed by atoms with Crippen LogP contribution in [0.4, 0.5) is 51.2 Å². The van der Waals surface area contributed by atoms with E-state index in [1.54, 1.807) is 0 Å². The molecule has 0 unspecified atom stereocenters. The summed E-state index contributed by atoms with van der Waals surface area (Å²) in [5.74, 6) is 0. The first-order valence-electron chi connectivity index (χ1n) is 49.3. The maximum atomic E-state index is 2.46. The van der Waals surface area contributed by atoms with Crippen molar-refractivity contribution >= 4 is 149 Å². The van der Waals surface area contributed by atoms with Crippen LogP contribution in [0.5, 0.6) is 0 Å². The Morgan fingerprint density at radius 3 is 0.688 bits per heavy atom. The summed E-state index contributed by atoms with van der Waals surface area (Å²) < 4.78 is 7.32. The molecule has 24 aromatic carbocycles. The molecular weight excluding hydrogens is 1740 g/mol. The van der Waals surface area contributed by atoms with Gasteiger partial charge in [0.1, 0.15) is 0 Å². The number of rotatable bonds is 18. The maximum Gasteiger partial charge on any atom is 0.0782 e. The lowest BCUT2D eigenvalue weighted by Gasteiger charge is -2.27. The molecule has 0 aliphatic rings. The Balaban J connectivity index is 0.000000113. The van der Waals surface area contributed by atoms with Crippen molar-refractivity contribution in [3.05, 3.63) is 582 Å². The quantitative estimate of drug-likeness (QED) is 0.0856.